The third-order valence-electron chi connectivity index (χ3n) is 9.90. The van der Waals surface area contributed by atoms with Gasteiger partial charge in [0.1, 0.15) is 16.7 Å². The molecule has 1 aliphatic heterocycles. The minimum absolute atomic E-state index is 0.0137. The molecule has 0 spiro atoms. The third-order valence-corrected chi connectivity index (χ3v) is 10.8. The molecule has 2 fully saturated rings. The van der Waals surface area contributed by atoms with Crippen LogP contribution in [0.2, 0.25) is 0 Å². The van der Waals surface area contributed by atoms with Crippen LogP contribution in [-0.2, 0) is 28.7 Å². The first-order valence-electron chi connectivity index (χ1n) is 16.9. The number of thiazole rings is 1. The van der Waals surface area contributed by atoms with E-state index >= 15 is 0 Å². The minimum Gasteiger partial charge on any atom is -0.469 e. The van der Waals surface area contributed by atoms with Crippen LogP contribution in [0.4, 0.5) is 0 Å². The molecule has 2 heterocycles. The number of ether oxygens (including phenoxy) is 2. The lowest BCUT2D eigenvalue weighted by Gasteiger charge is -2.47. The Balaban J connectivity index is 1.71. The van der Waals surface area contributed by atoms with Crippen LogP contribution < -0.4 is 10.6 Å². The predicted molar refractivity (Wildman–Crippen MR) is 180 cm³/mol. The SMILES string of the molecule is CCC1(CC(=O)OC)CC(NC(=O)c2csc([C@@H](C[C@H](C(C)C)N(C)C(=O)[C@@H](NC(=O)C3CCCCN3C)C(C)C)OC(C)=O)n2)C1. The third kappa shape index (κ3) is 9.98. The van der Waals surface area contributed by atoms with E-state index in [4.69, 9.17) is 9.47 Å². The molecule has 1 saturated heterocycles. The molecule has 12 nitrogen and oxygen atoms in total. The summed E-state index contributed by atoms with van der Waals surface area (Å²) in [6.45, 7) is 12.0. The van der Waals surface area contributed by atoms with Gasteiger partial charge < -0.3 is 25.0 Å². The Morgan fingerprint density at radius 3 is 2.36 bits per heavy atom. The number of rotatable bonds is 15. The van der Waals surface area contributed by atoms with E-state index in [1.807, 2.05) is 46.6 Å². The number of nitrogens with one attached hydrogen (secondary N) is 2. The zero-order chi connectivity index (χ0) is 35.1. The number of carbonyl (C=O) groups is 5. The van der Waals surface area contributed by atoms with Crippen LogP contribution >= 0.6 is 11.3 Å². The molecule has 1 aliphatic carbocycles. The van der Waals surface area contributed by atoms with Gasteiger partial charge in [-0.2, -0.15) is 0 Å². The molecule has 13 heteroatoms. The Morgan fingerprint density at radius 1 is 1.13 bits per heavy atom. The Morgan fingerprint density at radius 2 is 1.81 bits per heavy atom. The molecule has 1 unspecified atom stereocenters. The summed E-state index contributed by atoms with van der Waals surface area (Å²) in [6, 6.07) is -1.39. The standard InChI is InChI=1S/C34H55N5O7S/c1-10-34(18-28(41)45-9)16-23(17-34)35-30(42)24-19-47-32(36-24)27(46-22(6)40)15-26(20(2)3)39(8)33(44)29(21(4)5)37-31(43)25-13-11-12-14-38(25)7/h19-21,23,25-27,29H,10-18H2,1-9H3,(H,35,42)(H,37,43)/t23?,25?,26-,27-,29+,34?/m1/s1. The molecule has 47 heavy (non-hydrogen) atoms. The number of piperidine rings is 1. The van der Waals surface area contributed by atoms with E-state index < -0.39 is 18.1 Å². The van der Waals surface area contributed by atoms with Crippen LogP contribution in [0.5, 0.6) is 0 Å². The highest BCUT2D eigenvalue weighted by Gasteiger charge is 2.45. The first-order valence-corrected chi connectivity index (χ1v) is 17.8. The van der Waals surface area contributed by atoms with Crippen molar-refractivity contribution >= 4 is 41.0 Å². The minimum atomic E-state index is -0.777. The fraction of sp³-hybridized carbons (Fsp3) is 0.765. The summed E-state index contributed by atoms with van der Waals surface area (Å²) in [6.07, 6.45) is 4.80. The summed E-state index contributed by atoms with van der Waals surface area (Å²) >= 11 is 1.23. The van der Waals surface area contributed by atoms with Crippen molar-refractivity contribution < 1.29 is 33.4 Å². The van der Waals surface area contributed by atoms with Crippen LogP contribution in [0.25, 0.3) is 0 Å². The van der Waals surface area contributed by atoms with Crippen LogP contribution in [-0.4, -0.2) is 96.4 Å². The molecular weight excluding hydrogens is 622 g/mol. The van der Waals surface area contributed by atoms with Gasteiger partial charge in [-0.15, -0.1) is 11.3 Å². The Kier molecular flexibility index (Phi) is 13.8. The smallest absolute Gasteiger partial charge is 0.306 e. The van der Waals surface area contributed by atoms with Gasteiger partial charge in [-0.05, 0) is 62.9 Å². The predicted octanol–water partition coefficient (Wildman–Crippen LogP) is 4.10. The lowest BCUT2D eigenvalue weighted by molar-refractivity contribution is -0.149. The maximum absolute atomic E-state index is 13.9. The zero-order valence-electron chi connectivity index (χ0n) is 29.6. The van der Waals surface area contributed by atoms with Gasteiger partial charge in [0, 0.05) is 37.9 Å². The first kappa shape index (κ1) is 38.4. The fourth-order valence-corrected chi connectivity index (χ4v) is 7.71. The quantitative estimate of drug-likeness (QED) is 0.262. The van der Waals surface area contributed by atoms with Crippen LogP contribution in [0.15, 0.2) is 5.38 Å². The lowest BCUT2D eigenvalue weighted by Crippen LogP contribution is -2.57. The number of likely N-dealkylation sites (N-methyl/N-ethyl adjacent to an activating group) is 2. The maximum Gasteiger partial charge on any atom is 0.306 e. The van der Waals surface area contributed by atoms with Crippen molar-refractivity contribution in [2.75, 3.05) is 27.7 Å². The van der Waals surface area contributed by atoms with Gasteiger partial charge in [-0.25, -0.2) is 4.98 Å². The van der Waals surface area contributed by atoms with Crippen LogP contribution in [0, 0.1) is 17.3 Å². The first-order chi connectivity index (χ1) is 22.1. The van der Waals surface area contributed by atoms with Gasteiger partial charge >= 0.3 is 11.9 Å². The summed E-state index contributed by atoms with van der Waals surface area (Å²) in [5, 5.41) is 8.17. The van der Waals surface area contributed by atoms with Gasteiger partial charge in [0.05, 0.1) is 19.6 Å². The number of carbonyl (C=O) groups excluding carboxylic acids is 5. The topological polar surface area (TPSA) is 147 Å². The molecule has 1 aromatic rings. The number of aromatic nitrogens is 1. The average Bonchev–Trinajstić information content (AvgIpc) is 3.50. The van der Waals surface area contributed by atoms with Gasteiger partial charge in [-0.1, -0.05) is 41.0 Å². The molecule has 4 atom stereocenters. The highest BCUT2D eigenvalue weighted by atomic mass is 32.1. The van der Waals surface area contributed by atoms with Crippen molar-refractivity contribution in [2.24, 2.45) is 17.3 Å². The van der Waals surface area contributed by atoms with E-state index in [9.17, 15) is 24.0 Å². The Bertz CT molecular complexity index is 1260. The van der Waals surface area contributed by atoms with Crippen molar-refractivity contribution in [3.8, 4) is 0 Å². The Labute approximate surface area is 283 Å². The number of esters is 2. The molecule has 1 aromatic heterocycles. The van der Waals surface area contributed by atoms with E-state index in [1.165, 1.54) is 25.4 Å². The summed E-state index contributed by atoms with van der Waals surface area (Å²) in [5.41, 5.74) is 0.0577. The van der Waals surface area contributed by atoms with Crippen molar-refractivity contribution in [1.82, 2.24) is 25.4 Å². The largest absolute Gasteiger partial charge is 0.469 e. The zero-order valence-corrected chi connectivity index (χ0v) is 30.4. The molecule has 0 radical (unpaired) electrons. The number of hydrogen-bond donors (Lipinski definition) is 2. The van der Waals surface area contributed by atoms with Crippen LogP contribution in [0.3, 0.4) is 0 Å². The van der Waals surface area contributed by atoms with E-state index in [1.54, 1.807) is 17.3 Å². The normalized spacial score (nSPS) is 23.3. The summed E-state index contributed by atoms with van der Waals surface area (Å²) in [5.74, 6) is -1.56. The number of methoxy groups -OCH3 is 1. The molecule has 2 aliphatic rings. The molecule has 3 rings (SSSR count). The second kappa shape index (κ2) is 16.9. The van der Waals surface area contributed by atoms with Gasteiger partial charge in [0.2, 0.25) is 11.8 Å². The molecule has 0 bridgehead atoms. The highest BCUT2D eigenvalue weighted by molar-refractivity contribution is 7.09. The van der Waals surface area contributed by atoms with Crippen molar-refractivity contribution in [2.45, 2.75) is 123 Å². The van der Waals surface area contributed by atoms with Gasteiger partial charge in [-0.3, -0.25) is 28.9 Å². The summed E-state index contributed by atoms with van der Waals surface area (Å²) in [7, 11) is 5.05. The highest BCUT2D eigenvalue weighted by Crippen LogP contribution is 2.47. The van der Waals surface area contributed by atoms with Crippen molar-refractivity contribution in [1.29, 1.82) is 0 Å². The molecule has 264 valence electrons. The van der Waals surface area contributed by atoms with E-state index in [-0.39, 0.29) is 71.2 Å². The second-order valence-corrected chi connectivity index (χ2v) is 15.0. The average molecular weight is 678 g/mol. The van der Waals surface area contributed by atoms with Crippen molar-refractivity contribution in [3.63, 3.8) is 0 Å². The fourth-order valence-electron chi connectivity index (χ4n) is 6.87. The monoisotopic (exact) mass is 677 g/mol. The van der Waals surface area contributed by atoms with E-state index in [0.717, 1.165) is 32.2 Å². The number of amides is 3. The number of nitrogens with zero attached hydrogens (tertiary/aromatic N) is 3. The number of hydrogen-bond acceptors (Lipinski definition) is 10. The maximum atomic E-state index is 13.9. The Hall–Kier alpha value is -3.06. The van der Waals surface area contributed by atoms with E-state index in [0.29, 0.717) is 24.3 Å². The molecule has 3 amide bonds. The molecule has 2 N–H and O–H groups in total. The van der Waals surface area contributed by atoms with E-state index in [2.05, 4.69) is 15.6 Å². The van der Waals surface area contributed by atoms with Gasteiger partial charge in [0.15, 0.2) is 6.10 Å². The summed E-state index contributed by atoms with van der Waals surface area (Å²) < 4.78 is 10.6. The number of likely N-dealkylation sites (tertiary alicyclic amines) is 1. The lowest BCUT2D eigenvalue weighted by atomic mass is 9.62. The molecule has 0 aromatic carbocycles. The second-order valence-electron chi connectivity index (χ2n) is 14.1. The van der Waals surface area contributed by atoms with Crippen LogP contribution in [0.1, 0.15) is 115 Å². The summed E-state index contributed by atoms with van der Waals surface area (Å²) in [4.78, 5) is 72.6. The van der Waals surface area contributed by atoms with Gasteiger partial charge in [0.25, 0.3) is 5.91 Å². The molecular formula is C34H55N5O7S. The molecule has 1 saturated carbocycles. The van der Waals surface area contributed by atoms with Crippen molar-refractivity contribution in [3.05, 3.63) is 16.1 Å².